The Morgan fingerprint density at radius 1 is 1.21 bits per heavy atom. The molecule has 0 bridgehead atoms. The molecule has 1 atom stereocenters. The second-order valence-electron chi connectivity index (χ2n) is 7.35. The largest absolute Gasteiger partial charge is 0.351 e. The molecule has 146 valence electrons. The summed E-state index contributed by atoms with van der Waals surface area (Å²) >= 11 is 1.79. The van der Waals surface area contributed by atoms with Gasteiger partial charge in [0.25, 0.3) is 0 Å². The quantitative estimate of drug-likeness (QED) is 0.697. The van der Waals surface area contributed by atoms with Crippen LogP contribution in [-0.2, 0) is 11.3 Å². The van der Waals surface area contributed by atoms with Crippen molar-refractivity contribution in [2.24, 2.45) is 0 Å². The fourth-order valence-corrected chi connectivity index (χ4v) is 4.84. The first kappa shape index (κ1) is 19.0. The zero-order valence-electron chi connectivity index (χ0n) is 15.9. The summed E-state index contributed by atoms with van der Waals surface area (Å²) in [7, 11) is 0. The molecule has 1 fully saturated rings. The summed E-state index contributed by atoms with van der Waals surface area (Å²) in [6.45, 7) is 4.17. The van der Waals surface area contributed by atoms with E-state index in [0.717, 1.165) is 37.0 Å². The summed E-state index contributed by atoms with van der Waals surface area (Å²) in [6.07, 6.45) is 2.05. The van der Waals surface area contributed by atoms with Crippen LogP contribution in [0.4, 0.5) is 4.39 Å². The molecular formula is C22H24FN3OS. The fraction of sp³-hybridized carbons (Fsp3) is 0.364. The summed E-state index contributed by atoms with van der Waals surface area (Å²) in [5, 5.41) is 4.18. The molecule has 1 aromatic heterocycles. The summed E-state index contributed by atoms with van der Waals surface area (Å²) in [5.41, 5.74) is 1.98. The van der Waals surface area contributed by atoms with E-state index in [4.69, 9.17) is 4.98 Å². The lowest BCUT2D eigenvalue weighted by atomic mass is 9.96. The number of thiazole rings is 1. The molecule has 2 heterocycles. The van der Waals surface area contributed by atoms with Crippen LogP contribution < -0.4 is 5.32 Å². The third-order valence-corrected chi connectivity index (χ3v) is 6.70. The van der Waals surface area contributed by atoms with Gasteiger partial charge in [0.1, 0.15) is 5.82 Å². The lowest BCUT2D eigenvalue weighted by Crippen LogP contribution is -2.47. The van der Waals surface area contributed by atoms with Gasteiger partial charge in [-0.2, -0.15) is 0 Å². The van der Waals surface area contributed by atoms with Gasteiger partial charge < -0.3 is 5.32 Å². The predicted octanol–water partition coefficient (Wildman–Crippen LogP) is 4.32. The number of likely N-dealkylation sites (tertiary alicyclic amines) is 1. The van der Waals surface area contributed by atoms with E-state index in [9.17, 15) is 9.18 Å². The van der Waals surface area contributed by atoms with Gasteiger partial charge in [-0.3, -0.25) is 9.69 Å². The van der Waals surface area contributed by atoms with Gasteiger partial charge in [0.15, 0.2) is 0 Å². The normalized spacial score (nSPS) is 16.9. The highest BCUT2D eigenvalue weighted by molar-refractivity contribution is 7.18. The summed E-state index contributed by atoms with van der Waals surface area (Å²) in [5.74, 6) is 0.227. The molecule has 4 rings (SSSR count). The van der Waals surface area contributed by atoms with E-state index >= 15 is 0 Å². The Kier molecular flexibility index (Phi) is 5.69. The SMILES string of the molecule is C[C@H](C(=O)NCc1ccc(F)cc1)N1CCC(c2nc3ccccc3s2)CC1. The van der Waals surface area contributed by atoms with Crippen LogP contribution in [0.3, 0.4) is 0 Å². The highest BCUT2D eigenvalue weighted by Gasteiger charge is 2.28. The number of hydrogen-bond donors (Lipinski definition) is 1. The molecule has 0 spiro atoms. The number of nitrogens with one attached hydrogen (secondary N) is 1. The van der Waals surface area contributed by atoms with E-state index in [0.29, 0.717) is 12.5 Å². The Bertz CT molecular complexity index is 915. The molecule has 6 heteroatoms. The first-order valence-corrected chi connectivity index (χ1v) is 10.5. The molecule has 0 saturated carbocycles. The number of halogens is 1. The van der Waals surface area contributed by atoms with E-state index < -0.39 is 0 Å². The standard InChI is InChI=1S/C22H24FN3OS/c1-15(21(27)24-14-16-6-8-18(23)9-7-16)26-12-10-17(11-13-26)22-25-19-4-2-3-5-20(19)28-22/h2-9,15,17H,10-14H2,1H3,(H,24,27)/t15-/m1/s1. The van der Waals surface area contributed by atoms with E-state index in [2.05, 4.69) is 28.4 Å². The van der Waals surface area contributed by atoms with E-state index in [1.54, 1.807) is 23.5 Å². The maximum Gasteiger partial charge on any atom is 0.237 e. The first-order chi connectivity index (χ1) is 13.6. The number of carbonyl (C=O) groups excluding carboxylic acids is 1. The van der Waals surface area contributed by atoms with Gasteiger partial charge in [-0.25, -0.2) is 9.37 Å². The highest BCUT2D eigenvalue weighted by atomic mass is 32.1. The Morgan fingerprint density at radius 3 is 2.64 bits per heavy atom. The van der Waals surface area contributed by atoms with Crippen LogP contribution >= 0.6 is 11.3 Å². The summed E-state index contributed by atoms with van der Waals surface area (Å²) in [4.78, 5) is 19.6. The second-order valence-corrected chi connectivity index (χ2v) is 8.41. The number of aromatic nitrogens is 1. The van der Waals surface area contributed by atoms with E-state index in [1.165, 1.54) is 21.8 Å². The minimum Gasteiger partial charge on any atom is -0.351 e. The average molecular weight is 398 g/mol. The predicted molar refractivity (Wildman–Crippen MR) is 111 cm³/mol. The van der Waals surface area contributed by atoms with Crippen molar-refractivity contribution in [1.82, 2.24) is 15.2 Å². The molecule has 1 N–H and O–H groups in total. The second kappa shape index (κ2) is 8.37. The van der Waals surface area contributed by atoms with Crippen LogP contribution in [0.1, 0.15) is 36.3 Å². The molecule has 4 nitrogen and oxygen atoms in total. The minimum absolute atomic E-state index is 0.0164. The monoisotopic (exact) mass is 397 g/mol. The number of piperidine rings is 1. The van der Waals surface area contributed by atoms with Gasteiger partial charge in [0.2, 0.25) is 5.91 Å². The number of rotatable bonds is 5. The lowest BCUT2D eigenvalue weighted by Gasteiger charge is -2.34. The number of amides is 1. The van der Waals surface area contributed by atoms with Gasteiger partial charge in [-0.1, -0.05) is 24.3 Å². The topological polar surface area (TPSA) is 45.2 Å². The van der Waals surface area contributed by atoms with Crippen molar-refractivity contribution in [1.29, 1.82) is 0 Å². The van der Waals surface area contributed by atoms with Crippen molar-refractivity contribution in [3.05, 3.63) is 64.9 Å². The molecule has 3 aromatic rings. The molecule has 1 amide bonds. The van der Waals surface area contributed by atoms with Gasteiger partial charge in [0.05, 0.1) is 21.3 Å². The average Bonchev–Trinajstić information content (AvgIpc) is 3.17. The Labute approximate surface area is 168 Å². The number of carbonyl (C=O) groups is 1. The van der Waals surface area contributed by atoms with Gasteiger partial charge in [-0.15, -0.1) is 11.3 Å². The smallest absolute Gasteiger partial charge is 0.237 e. The van der Waals surface area contributed by atoms with Crippen LogP contribution in [0.5, 0.6) is 0 Å². The third-order valence-electron chi connectivity index (χ3n) is 5.50. The molecule has 0 unspecified atom stereocenters. The first-order valence-electron chi connectivity index (χ1n) is 9.72. The Hall–Kier alpha value is -2.31. The molecule has 1 saturated heterocycles. The van der Waals surface area contributed by atoms with Crippen LogP contribution in [0, 0.1) is 5.82 Å². The van der Waals surface area contributed by atoms with Gasteiger partial charge >= 0.3 is 0 Å². The van der Waals surface area contributed by atoms with Crippen molar-refractivity contribution < 1.29 is 9.18 Å². The Balaban J connectivity index is 1.29. The number of hydrogen-bond acceptors (Lipinski definition) is 4. The van der Waals surface area contributed by atoms with Crippen LogP contribution in [-0.4, -0.2) is 34.9 Å². The van der Waals surface area contributed by atoms with Crippen molar-refractivity contribution >= 4 is 27.5 Å². The maximum atomic E-state index is 13.0. The molecular weight excluding hydrogens is 373 g/mol. The fourth-order valence-electron chi connectivity index (χ4n) is 3.70. The molecule has 28 heavy (non-hydrogen) atoms. The van der Waals surface area contributed by atoms with E-state index in [1.807, 2.05) is 13.0 Å². The van der Waals surface area contributed by atoms with E-state index in [-0.39, 0.29) is 17.8 Å². The van der Waals surface area contributed by atoms with Crippen molar-refractivity contribution in [3.8, 4) is 0 Å². The van der Waals surface area contributed by atoms with Crippen LogP contribution in [0.25, 0.3) is 10.2 Å². The molecule has 1 aliphatic rings. The summed E-state index contributed by atoms with van der Waals surface area (Å²) < 4.78 is 14.2. The zero-order chi connectivity index (χ0) is 19.5. The maximum absolute atomic E-state index is 13.0. The number of para-hydroxylation sites is 1. The van der Waals surface area contributed by atoms with Crippen molar-refractivity contribution in [2.45, 2.75) is 38.3 Å². The summed E-state index contributed by atoms with van der Waals surface area (Å²) in [6, 6.07) is 14.3. The highest BCUT2D eigenvalue weighted by Crippen LogP contribution is 2.34. The number of fused-ring (bicyclic) bond motifs is 1. The van der Waals surface area contributed by atoms with Gasteiger partial charge in [-0.05, 0) is 62.7 Å². The molecule has 2 aromatic carbocycles. The lowest BCUT2D eigenvalue weighted by molar-refractivity contribution is -0.126. The zero-order valence-corrected chi connectivity index (χ0v) is 16.7. The minimum atomic E-state index is -0.264. The Morgan fingerprint density at radius 2 is 1.93 bits per heavy atom. The molecule has 0 radical (unpaired) electrons. The van der Waals surface area contributed by atoms with Crippen LogP contribution in [0.2, 0.25) is 0 Å². The van der Waals surface area contributed by atoms with Crippen molar-refractivity contribution in [3.63, 3.8) is 0 Å². The molecule has 0 aliphatic carbocycles. The number of benzene rings is 2. The number of nitrogens with zero attached hydrogens (tertiary/aromatic N) is 2. The van der Waals surface area contributed by atoms with Gasteiger partial charge in [0, 0.05) is 12.5 Å². The van der Waals surface area contributed by atoms with Crippen LogP contribution in [0.15, 0.2) is 48.5 Å². The molecule has 1 aliphatic heterocycles. The van der Waals surface area contributed by atoms with Crippen molar-refractivity contribution in [2.75, 3.05) is 13.1 Å². The third kappa shape index (κ3) is 4.23.